The van der Waals surface area contributed by atoms with E-state index < -0.39 is 11.5 Å². The van der Waals surface area contributed by atoms with Gasteiger partial charge >= 0.3 is 12.4 Å². The maximum Gasteiger partial charge on any atom is 0.373 e. The highest BCUT2D eigenvalue weighted by Crippen LogP contribution is 2.31. The molecule has 0 spiro atoms. The molecule has 9 nitrogen and oxygen atoms in total. The molecule has 138 valence electrons. The first-order chi connectivity index (χ1) is 12.5. The van der Waals surface area contributed by atoms with Gasteiger partial charge in [-0.2, -0.15) is 18.2 Å². The largest absolute Gasteiger partial charge is 0.373 e. The fraction of sp³-hybridized carbons (Fsp3) is 0.429. The van der Waals surface area contributed by atoms with E-state index in [0.717, 1.165) is 4.57 Å². The van der Waals surface area contributed by atoms with Crippen LogP contribution < -0.4 is 4.90 Å². The lowest BCUT2D eigenvalue weighted by Crippen LogP contribution is -2.46. The number of anilines is 1. The fourth-order valence-electron chi connectivity index (χ4n) is 3.11. The first kappa shape index (κ1) is 16.8. The molecule has 12 heteroatoms. The van der Waals surface area contributed by atoms with Gasteiger partial charge in [-0.1, -0.05) is 11.3 Å². The Balaban J connectivity index is 1.47. The SMILES string of the molecule is O=[N+]([O-])c1c(N2CCN(Cc3nccn3C(F)F)CC2)nc2sccn12. The maximum absolute atomic E-state index is 12.9. The first-order valence-electron chi connectivity index (χ1n) is 7.91. The molecule has 0 unspecified atom stereocenters. The van der Waals surface area contributed by atoms with Crippen molar-refractivity contribution in [1.29, 1.82) is 0 Å². The van der Waals surface area contributed by atoms with Crippen molar-refractivity contribution < 1.29 is 13.7 Å². The second kappa shape index (κ2) is 6.61. The molecule has 1 fully saturated rings. The van der Waals surface area contributed by atoms with Crippen LogP contribution in [-0.2, 0) is 6.54 Å². The quantitative estimate of drug-likeness (QED) is 0.496. The zero-order chi connectivity index (χ0) is 18.3. The van der Waals surface area contributed by atoms with Gasteiger partial charge in [0.2, 0.25) is 5.82 Å². The van der Waals surface area contributed by atoms with E-state index in [0.29, 0.717) is 49.3 Å². The Morgan fingerprint density at radius 1 is 1.27 bits per heavy atom. The lowest BCUT2D eigenvalue weighted by atomic mass is 10.3. The van der Waals surface area contributed by atoms with Crippen molar-refractivity contribution in [2.45, 2.75) is 13.1 Å². The molecule has 26 heavy (non-hydrogen) atoms. The second-order valence-electron chi connectivity index (χ2n) is 5.86. The summed E-state index contributed by atoms with van der Waals surface area (Å²) in [6.07, 6.45) is 4.26. The molecule has 0 bridgehead atoms. The molecular weight excluding hydrogens is 368 g/mol. The molecule has 0 amide bonds. The number of imidazole rings is 2. The summed E-state index contributed by atoms with van der Waals surface area (Å²) in [5, 5.41) is 13.2. The highest BCUT2D eigenvalue weighted by Gasteiger charge is 2.30. The Morgan fingerprint density at radius 2 is 2.04 bits per heavy atom. The van der Waals surface area contributed by atoms with Gasteiger partial charge in [-0.3, -0.25) is 9.47 Å². The molecule has 4 rings (SSSR count). The van der Waals surface area contributed by atoms with E-state index in [4.69, 9.17) is 0 Å². The van der Waals surface area contributed by atoms with E-state index in [1.54, 1.807) is 11.6 Å². The molecule has 4 heterocycles. The van der Waals surface area contributed by atoms with Gasteiger partial charge in [0.25, 0.3) is 4.96 Å². The van der Waals surface area contributed by atoms with Crippen LogP contribution >= 0.6 is 11.3 Å². The van der Waals surface area contributed by atoms with Gasteiger partial charge in [-0.05, 0) is 4.92 Å². The number of alkyl halides is 2. The summed E-state index contributed by atoms with van der Waals surface area (Å²) in [6.45, 7) is -0.0835. The van der Waals surface area contributed by atoms with Crippen molar-refractivity contribution in [2.75, 3.05) is 31.1 Å². The zero-order valence-corrected chi connectivity index (χ0v) is 14.3. The molecule has 0 saturated carbocycles. The van der Waals surface area contributed by atoms with Crippen LogP contribution in [0.2, 0.25) is 0 Å². The summed E-state index contributed by atoms with van der Waals surface area (Å²) < 4.78 is 28.2. The van der Waals surface area contributed by atoms with E-state index in [1.807, 2.05) is 9.80 Å². The zero-order valence-electron chi connectivity index (χ0n) is 13.5. The van der Waals surface area contributed by atoms with E-state index in [9.17, 15) is 18.9 Å². The molecule has 1 aliphatic heterocycles. The third kappa shape index (κ3) is 2.90. The van der Waals surface area contributed by atoms with E-state index in [1.165, 1.54) is 28.1 Å². The predicted octanol–water partition coefficient (Wildman–Crippen LogP) is 2.22. The number of fused-ring (bicyclic) bond motifs is 1. The number of hydrogen-bond acceptors (Lipinski definition) is 7. The van der Waals surface area contributed by atoms with E-state index >= 15 is 0 Å². The monoisotopic (exact) mass is 383 g/mol. The summed E-state index contributed by atoms with van der Waals surface area (Å²) in [6, 6.07) is 0. The first-order valence-corrected chi connectivity index (χ1v) is 8.79. The van der Waals surface area contributed by atoms with Crippen molar-refractivity contribution in [1.82, 2.24) is 23.8 Å². The van der Waals surface area contributed by atoms with Crippen LogP contribution in [0.15, 0.2) is 24.0 Å². The van der Waals surface area contributed by atoms with Crippen LogP contribution in [0.3, 0.4) is 0 Å². The van der Waals surface area contributed by atoms with Crippen LogP contribution in [0.1, 0.15) is 12.4 Å². The van der Waals surface area contributed by atoms with Crippen molar-refractivity contribution in [2.24, 2.45) is 0 Å². The number of aromatic nitrogens is 4. The number of hydrogen-bond donors (Lipinski definition) is 0. The van der Waals surface area contributed by atoms with Crippen molar-refractivity contribution in [3.05, 3.63) is 39.9 Å². The molecule has 3 aromatic heterocycles. The molecule has 1 saturated heterocycles. The molecule has 0 radical (unpaired) electrons. The summed E-state index contributed by atoms with van der Waals surface area (Å²) in [7, 11) is 0. The van der Waals surface area contributed by atoms with Gasteiger partial charge in [0.05, 0.1) is 6.54 Å². The molecule has 0 atom stereocenters. The van der Waals surface area contributed by atoms with Gasteiger partial charge in [-0.15, -0.1) is 0 Å². The molecule has 3 aromatic rings. The van der Waals surface area contributed by atoms with Crippen molar-refractivity contribution in [3.8, 4) is 0 Å². The van der Waals surface area contributed by atoms with Gasteiger partial charge in [-0.25, -0.2) is 4.98 Å². The number of rotatable bonds is 5. The summed E-state index contributed by atoms with van der Waals surface area (Å²) in [5.41, 5.74) is 0. The molecule has 0 N–H and O–H groups in total. The lowest BCUT2D eigenvalue weighted by molar-refractivity contribution is -0.389. The Morgan fingerprint density at radius 3 is 2.73 bits per heavy atom. The Hall–Kier alpha value is -2.60. The number of thiazole rings is 1. The van der Waals surface area contributed by atoms with E-state index in [-0.39, 0.29) is 5.82 Å². The minimum absolute atomic E-state index is 0.0389. The summed E-state index contributed by atoms with van der Waals surface area (Å²) in [5.74, 6) is 0.625. The van der Waals surface area contributed by atoms with Crippen LogP contribution in [-0.4, -0.2) is 54.9 Å². The highest BCUT2D eigenvalue weighted by molar-refractivity contribution is 7.15. The Labute approximate surface area is 150 Å². The molecular formula is C14H15F2N7O2S. The third-order valence-electron chi connectivity index (χ3n) is 4.39. The smallest absolute Gasteiger partial charge is 0.358 e. The van der Waals surface area contributed by atoms with Crippen molar-refractivity contribution in [3.63, 3.8) is 0 Å². The van der Waals surface area contributed by atoms with Gasteiger partial charge in [0.15, 0.2) is 0 Å². The molecule has 1 aliphatic rings. The van der Waals surface area contributed by atoms with Gasteiger partial charge in [0.1, 0.15) is 12.0 Å². The third-order valence-corrected chi connectivity index (χ3v) is 5.14. The summed E-state index contributed by atoms with van der Waals surface area (Å²) >= 11 is 1.34. The minimum atomic E-state index is -2.62. The lowest BCUT2D eigenvalue weighted by Gasteiger charge is -2.34. The predicted molar refractivity (Wildman–Crippen MR) is 90.7 cm³/mol. The Bertz CT molecular complexity index is 929. The Kier molecular flexibility index (Phi) is 4.28. The number of nitro groups is 1. The van der Waals surface area contributed by atoms with E-state index in [2.05, 4.69) is 9.97 Å². The van der Waals surface area contributed by atoms with Crippen LogP contribution in [0.4, 0.5) is 20.4 Å². The molecule has 0 aliphatic carbocycles. The molecule has 0 aromatic carbocycles. The summed E-state index contributed by atoms with van der Waals surface area (Å²) in [4.78, 5) is 23.8. The standard InChI is InChI=1S/C14H15F2N7O2S/c15-13(16)21-2-1-17-10(21)9-19-3-5-20(6-4-19)11-12(23(24)25)22-7-8-26-14(22)18-11/h1-2,7-8,13H,3-6,9H2. The number of piperazine rings is 1. The van der Waals surface area contributed by atoms with Gasteiger partial charge < -0.3 is 15.0 Å². The average Bonchev–Trinajstić information content (AvgIpc) is 3.29. The topological polar surface area (TPSA) is 84.7 Å². The minimum Gasteiger partial charge on any atom is -0.358 e. The maximum atomic E-state index is 12.9. The fourth-order valence-corrected chi connectivity index (χ4v) is 3.81. The number of halogens is 2. The van der Waals surface area contributed by atoms with Crippen LogP contribution in [0, 0.1) is 10.1 Å². The normalized spacial score (nSPS) is 16.0. The second-order valence-corrected chi connectivity index (χ2v) is 6.74. The van der Waals surface area contributed by atoms with Crippen LogP contribution in [0.25, 0.3) is 4.96 Å². The van der Waals surface area contributed by atoms with Gasteiger partial charge in [0, 0.05) is 44.0 Å². The number of nitrogens with zero attached hydrogens (tertiary/aromatic N) is 7. The average molecular weight is 383 g/mol. The van der Waals surface area contributed by atoms with Crippen LogP contribution in [0.5, 0.6) is 0 Å². The van der Waals surface area contributed by atoms with Crippen molar-refractivity contribution >= 4 is 27.9 Å². The highest BCUT2D eigenvalue weighted by atomic mass is 32.1.